The van der Waals surface area contributed by atoms with E-state index in [1.165, 1.54) is 48.4 Å². The number of amides is 2. The van der Waals surface area contributed by atoms with Crippen LogP contribution in [0.3, 0.4) is 0 Å². The van der Waals surface area contributed by atoms with Crippen molar-refractivity contribution >= 4 is 27.5 Å². The van der Waals surface area contributed by atoms with E-state index in [2.05, 4.69) is 24.4 Å². The molecule has 0 heterocycles. The predicted molar refractivity (Wildman–Crippen MR) is 172 cm³/mol. The van der Waals surface area contributed by atoms with Crippen LogP contribution in [0, 0.1) is 24.7 Å². The lowest BCUT2D eigenvalue weighted by molar-refractivity contribution is -0.140. The van der Waals surface area contributed by atoms with Crippen LogP contribution in [0.25, 0.3) is 0 Å². The molecular weight excluding hydrogens is 558 g/mol. The van der Waals surface area contributed by atoms with Crippen molar-refractivity contribution in [3.05, 3.63) is 65.2 Å². The second-order valence-electron chi connectivity index (χ2n) is 13.6. The molecule has 1 N–H and O–H groups in total. The summed E-state index contributed by atoms with van der Waals surface area (Å²) >= 11 is 0. The van der Waals surface area contributed by atoms with Crippen LogP contribution < -0.4 is 9.62 Å². The van der Waals surface area contributed by atoms with Gasteiger partial charge in [0, 0.05) is 13.1 Å². The Morgan fingerprint density at radius 1 is 0.977 bits per heavy atom. The van der Waals surface area contributed by atoms with Crippen LogP contribution in [-0.2, 0) is 31.6 Å². The summed E-state index contributed by atoms with van der Waals surface area (Å²) in [7, 11) is -3.77. The van der Waals surface area contributed by atoms with Crippen molar-refractivity contribution in [2.75, 3.05) is 23.7 Å². The Bertz CT molecular complexity index is 1370. The largest absolute Gasteiger partial charge is 0.354 e. The fraction of sp³-hybridized carbons (Fsp3) is 0.600. The number of nitrogens with zero attached hydrogens (tertiary/aromatic N) is 2. The van der Waals surface area contributed by atoms with E-state index < -0.39 is 22.0 Å². The number of sulfonamides is 1. The Labute approximate surface area is 258 Å². The van der Waals surface area contributed by atoms with Gasteiger partial charge in [0.25, 0.3) is 0 Å². The lowest BCUT2D eigenvalue weighted by atomic mass is 9.48. The van der Waals surface area contributed by atoms with Gasteiger partial charge in [-0.3, -0.25) is 13.9 Å². The van der Waals surface area contributed by atoms with Crippen molar-refractivity contribution in [1.29, 1.82) is 0 Å². The van der Waals surface area contributed by atoms with E-state index in [1.807, 2.05) is 50.2 Å². The van der Waals surface area contributed by atoms with Gasteiger partial charge in [0.1, 0.15) is 12.6 Å². The van der Waals surface area contributed by atoms with Crippen molar-refractivity contribution in [3.63, 3.8) is 0 Å². The SMILES string of the molecule is CCCCNC(=O)[C@H](CC)N(Cc1cccc(C)c1)C(=O)CN(c1ccc(C23CC4CC(CC(C4)C2)C3)cc1)S(C)(=O)=O. The molecule has 0 unspecified atom stereocenters. The van der Waals surface area contributed by atoms with Crippen LogP contribution in [0.1, 0.15) is 88.3 Å². The molecule has 0 aromatic heterocycles. The molecule has 4 fully saturated rings. The van der Waals surface area contributed by atoms with Crippen molar-refractivity contribution < 1.29 is 18.0 Å². The summed E-state index contributed by atoms with van der Waals surface area (Å²) < 4.78 is 27.4. The van der Waals surface area contributed by atoms with Crippen molar-refractivity contribution in [2.24, 2.45) is 17.8 Å². The first-order chi connectivity index (χ1) is 20.5. The highest BCUT2D eigenvalue weighted by molar-refractivity contribution is 7.92. The van der Waals surface area contributed by atoms with Crippen molar-refractivity contribution in [1.82, 2.24) is 10.2 Å². The molecule has 7 nitrogen and oxygen atoms in total. The monoisotopic (exact) mass is 607 g/mol. The molecule has 2 aromatic rings. The van der Waals surface area contributed by atoms with Crippen LogP contribution in [0.15, 0.2) is 48.5 Å². The molecule has 0 aliphatic heterocycles. The third-order valence-electron chi connectivity index (χ3n) is 10.1. The lowest BCUT2D eigenvalue weighted by Gasteiger charge is -2.57. The Hall–Kier alpha value is -2.87. The number of aryl methyl sites for hydroxylation is 1. The summed E-state index contributed by atoms with van der Waals surface area (Å²) in [6, 6.07) is 15.1. The Kier molecular flexibility index (Phi) is 9.55. The van der Waals surface area contributed by atoms with Crippen LogP contribution in [0.2, 0.25) is 0 Å². The summed E-state index contributed by atoms with van der Waals surface area (Å²) in [6.07, 6.45) is 11.2. The molecule has 0 saturated heterocycles. The maximum Gasteiger partial charge on any atom is 0.244 e. The Balaban J connectivity index is 1.39. The number of unbranched alkanes of at least 4 members (excludes halogenated alkanes) is 1. The van der Waals surface area contributed by atoms with Crippen LogP contribution >= 0.6 is 0 Å². The Morgan fingerprint density at radius 2 is 1.60 bits per heavy atom. The maximum atomic E-state index is 14.0. The number of benzene rings is 2. The lowest BCUT2D eigenvalue weighted by Crippen LogP contribution is -2.52. The molecular formula is C35H49N3O4S. The normalized spacial score (nSPS) is 24.9. The zero-order valence-corrected chi connectivity index (χ0v) is 27.2. The third-order valence-corrected chi connectivity index (χ3v) is 11.3. The number of nitrogens with one attached hydrogen (secondary N) is 1. The maximum absolute atomic E-state index is 14.0. The number of carbonyl (C=O) groups excluding carboxylic acids is 2. The van der Waals surface area contributed by atoms with Gasteiger partial charge in [-0.15, -0.1) is 0 Å². The van der Waals surface area contributed by atoms with E-state index in [-0.39, 0.29) is 24.4 Å². The predicted octanol–water partition coefficient (Wildman–Crippen LogP) is 5.95. The van der Waals surface area contributed by atoms with Gasteiger partial charge in [0.05, 0.1) is 11.9 Å². The molecule has 234 valence electrons. The van der Waals surface area contributed by atoms with E-state index >= 15 is 0 Å². The van der Waals surface area contributed by atoms with Gasteiger partial charge in [0.15, 0.2) is 0 Å². The minimum Gasteiger partial charge on any atom is -0.354 e. The number of carbonyl (C=O) groups is 2. The fourth-order valence-electron chi connectivity index (χ4n) is 8.49. The van der Waals surface area contributed by atoms with Crippen LogP contribution in [0.4, 0.5) is 5.69 Å². The van der Waals surface area contributed by atoms with E-state index in [9.17, 15) is 18.0 Å². The smallest absolute Gasteiger partial charge is 0.244 e. The molecule has 4 aliphatic rings. The molecule has 0 radical (unpaired) electrons. The third kappa shape index (κ3) is 7.11. The Morgan fingerprint density at radius 3 is 2.14 bits per heavy atom. The fourth-order valence-corrected chi connectivity index (χ4v) is 9.34. The van der Waals surface area contributed by atoms with Gasteiger partial charge in [0.2, 0.25) is 21.8 Å². The molecule has 2 amide bonds. The van der Waals surface area contributed by atoms with E-state index in [0.717, 1.165) is 48.0 Å². The van der Waals surface area contributed by atoms with Gasteiger partial charge < -0.3 is 10.2 Å². The van der Waals surface area contributed by atoms with E-state index in [1.54, 1.807) is 4.90 Å². The van der Waals surface area contributed by atoms with Crippen LogP contribution in [0.5, 0.6) is 0 Å². The van der Waals surface area contributed by atoms with E-state index in [4.69, 9.17) is 0 Å². The summed E-state index contributed by atoms with van der Waals surface area (Å²) in [6.45, 7) is 6.35. The van der Waals surface area contributed by atoms with Gasteiger partial charge in [-0.2, -0.15) is 0 Å². The summed E-state index contributed by atoms with van der Waals surface area (Å²) in [4.78, 5) is 28.9. The number of rotatable bonds is 13. The molecule has 43 heavy (non-hydrogen) atoms. The minimum absolute atomic E-state index is 0.206. The quantitative estimate of drug-likeness (QED) is 0.285. The molecule has 6 rings (SSSR count). The highest BCUT2D eigenvalue weighted by Crippen LogP contribution is 2.60. The van der Waals surface area contributed by atoms with Gasteiger partial charge in [-0.25, -0.2) is 8.42 Å². The first-order valence-corrected chi connectivity index (χ1v) is 18.1. The number of hydrogen-bond acceptors (Lipinski definition) is 4. The molecule has 4 aliphatic carbocycles. The average molecular weight is 608 g/mol. The van der Waals surface area contributed by atoms with Gasteiger partial charge in [-0.1, -0.05) is 62.2 Å². The first-order valence-electron chi connectivity index (χ1n) is 16.2. The molecule has 2 aromatic carbocycles. The molecule has 4 saturated carbocycles. The van der Waals surface area contributed by atoms with Crippen molar-refractivity contribution in [3.8, 4) is 0 Å². The number of hydrogen-bond donors (Lipinski definition) is 1. The standard InChI is InChI=1S/C35H49N3O4S/c1-5-7-15-36-34(40)32(6-2)37(23-26-10-8-9-25(3)16-26)33(39)24-38(43(4,41)42)31-13-11-30(12-14-31)35-20-27-17-28(21-35)19-29(18-27)22-35/h8-14,16,27-29,32H,5-7,15,17-24H2,1-4H3,(H,36,40)/t27?,28?,29?,32-,35?/m0/s1. The first kappa shape index (κ1) is 31.6. The second-order valence-corrected chi connectivity index (χ2v) is 15.5. The highest BCUT2D eigenvalue weighted by Gasteiger charge is 2.51. The van der Waals surface area contributed by atoms with Crippen LogP contribution in [-0.4, -0.2) is 50.5 Å². The topological polar surface area (TPSA) is 86.8 Å². The average Bonchev–Trinajstić information content (AvgIpc) is 2.94. The van der Waals surface area contributed by atoms with E-state index in [0.29, 0.717) is 18.7 Å². The van der Waals surface area contributed by atoms with Gasteiger partial charge in [-0.05, 0) is 105 Å². The molecule has 0 spiro atoms. The summed E-state index contributed by atoms with van der Waals surface area (Å²) in [5, 5.41) is 2.98. The van der Waals surface area contributed by atoms with Gasteiger partial charge >= 0.3 is 0 Å². The second kappa shape index (κ2) is 13.0. The summed E-state index contributed by atoms with van der Waals surface area (Å²) in [5.41, 5.74) is 3.97. The zero-order chi connectivity index (χ0) is 30.8. The highest BCUT2D eigenvalue weighted by atomic mass is 32.2. The minimum atomic E-state index is -3.77. The molecule has 1 atom stereocenters. The molecule has 4 bridgehead atoms. The van der Waals surface area contributed by atoms with Crippen molar-refractivity contribution in [2.45, 2.75) is 96.6 Å². The number of anilines is 1. The molecule has 8 heteroatoms. The zero-order valence-electron chi connectivity index (χ0n) is 26.3. The summed E-state index contributed by atoms with van der Waals surface area (Å²) in [5.74, 6) is 1.86.